The van der Waals surface area contributed by atoms with Crippen LogP contribution in [0.15, 0.2) is 0 Å². The first-order valence-electron chi connectivity index (χ1n) is 18.8. The summed E-state index contributed by atoms with van der Waals surface area (Å²) in [7, 11) is 0. The lowest BCUT2D eigenvalue weighted by atomic mass is 9.94. The predicted octanol–water partition coefficient (Wildman–Crippen LogP) is 0.287. The summed E-state index contributed by atoms with van der Waals surface area (Å²) in [5.74, 6) is -4.57. The summed E-state index contributed by atoms with van der Waals surface area (Å²) in [5.41, 5.74) is 17.4. The highest BCUT2D eigenvalue weighted by atomic mass is 17.4. The van der Waals surface area contributed by atoms with E-state index in [-0.39, 0.29) is 37.0 Å². The van der Waals surface area contributed by atoms with E-state index < -0.39 is 84.5 Å². The van der Waals surface area contributed by atoms with E-state index in [1.165, 1.54) is 0 Å². The van der Waals surface area contributed by atoms with E-state index in [1.54, 1.807) is 0 Å². The molecule has 17 heteroatoms. The number of nitrogens with two attached hydrogens (primary N) is 3. The van der Waals surface area contributed by atoms with E-state index >= 15 is 0 Å². The number of aliphatic carboxylic acids is 1. The lowest BCUT2D eigenvalue weighted by molar-refractivity contribution is -0.138. The number of nitrogens with one attached hydrogen (secondary N) is 5. The Kier molecular flexibility index (Phi) is 22.2. The van der Waals surface area contributed by atoms with Gasteiger partial charge in [-0.25, -0.2) is 0 Å². The van der Waals surface area contributed by atoms with Crippen LogP contribution in [0, 0.1) is 17.8 Å². The van der Waals surface area contributed by atoms with Crippen LogP contribution in [0.1, 0.15) is 112 Å². The minimum Gasteiger partial charge on any atom is -0.481 e. The van der Waals surface area contributed by atoms with Crippen LogP contribution in [-0.4, -0.2) is 96.2 Å². The Hall–Kier alpha value is -3.38. The highest BCUT2D eigenvalue weighted by Gasteiger charge is 2.39. The normalized spacial score (nSPS) is 17.4. The van der Waals surface area contributed by atoms with E-state index in [4.69, 9.17) is 27.0 Å². The fourth-order valence-electron chi connectivity index (χ4n) is 5.51. The number of carboxylic acid groups (broad SMARTS) is 1. The minimum absolute atomic E-state index is 0.0441. The summed E-state index contributed by atoms with van der Waals surface area (Å²) in [6, 6.07) is -5.77. The highest BCUT2D eigenvalue weighted by molar-refractivity contribution is 5.96. The highest BCUT2D eigenvalue weighted by Crippen LogP contribution is 2.21. The summed E-state index contributed by atoms with van der Waals surface area (Å²) in [6.07, 6.45) is 3.22. The van der Waals surface area contributed by atoms with Crippen LogP contribution in [0.25, 0.3) is 0 Å². The molecular formula is C35H66N8O9. The molecule has 0 aliphatic carbocycles. The first-order chi connectivity index (χ1) is 24.6. The van der Waals surface area contributed by atoms with Gasteiger partial charge in [0.05, 0.1) is 12.1 Å². The third-order valence-corrected chi connectivity index (χ3v) is 9.39. The number of carboxylic acids is 1. The number of unbranched alkanes of at least 4 members (excludes halogenated alkanes) is 2. The van der Waals surface area contributed by atoms with Crippen molar-refractivity contribution in [3.05, 3.63) is 0 Å². The molecule has 17 nitrogen and oxygen atoms in total. The van der Waals surface area contributed by atoms with Crippen LogP contribution in [0.4, 0.5) is 0 Å². The number of hydrogen-bond donors (Lipinski definition) is 9. The fraction of sp³-hybridized carbons (Fsp3) is 0.829. The van der Waals surface area contributed by atoms with Gasteiger partial charge in [-0.1, -0.05) is 54.4 Å². The Labute approximate surface area is 308 Å². The van der Waals surface area contributed by atoms with Crippen LogP contribution >= 0.6 is 0 Å². The zero-order valence-corrected chi connectivity index (χ0v) is 31.9. The molecule has 0 radical (unpaired) electrons. The van der Waals surface area contributed by atoms with Crippen molar-refractivity contribution in [1.29, 1.82) is 0 Å². The quantitative estimate of drug-likeness (QED) is 0.0297. The number of rotatable bonds is 28. The molecule has 1 aliphatic heterocycles. The molecule has 0 unspecified atom stereocenters. The zero-order valence-electron chi connectivity index (χ0n) is 31.9. The SMILES string of the molecule is CC[C@H](C)[C@H](N)C(=O)N[C@H](C(=O)N[C@@H](CC(C)C)C(=O)N[C@@H](CCCCN)C(=O)N[C@@H](CCC(=O)O)C(=O)N[C@@H](CCCCN)C1OO1)[C@@H](C)CC. The van der Waals surface area contributed by atoms with E-state index in [9.17, 15) is 33.9 Å². The maximum Gasteiger partial charge on any atom is 0.303 e. The molecule has 0 bridgehead atoms. The van der Waals surface area contributed by atoms with E-state index in [0.717, 1.165) is 0 Å². The smallest absolute Gasteiger partial charge is 0.303 e. The molecular weight excluding hydrogens is 676 g/mol. The molecule has 1 saturated heterocycles. The van der Waals surface area contributed by atoms with Crippen molar-refractivity contribution in [1.82, 2.24) is 26.6 Å². The summed E-state index contributed by atoms with van der Waals surface area (Å²) >= 11 is 0. The van der Waals surface area contributed by atoms with Gasteiger partial charge in [-0.15, -0.1) is 0 Å². The van der Waals surface area contributed by atoms with Crippen LogP contribution < -0.4 is 43.8 Å². The Bertz CT molecular complexity index is 1140. The van der Waals surface area contributed by atoms with Gasteiger partial charge in [-0.2, -0.15) is 9.78 Å². The van der Waals surface area contributed by atoms with Crippen molar-refractivity contribution in [3.63, 3.8) is 0 Å². The Morgan fingerprint density at radius 3 is 1.63 bits per heavy atom. The third kappa shape index (κ3) is 17.4. The number of carbonyl (C=O) groups excluding carboxylic acids is 5. The minimum atomic E-state index is -1.25. The molecule has 0 spiro atoms. The lowest BCUT2D eigenvalue weighted by Crippen LogP contribution is -2.60. The second-order valence-corrected chi connectivity index (χ2v) is 14.3. The maximum absolute atomic E-state index is 13.8. The van der Waals surface area contributed by atoms with Crippen LogP contribution in [0.5, 0.6) is 0 Å². The van der Waals surface area contributed by atoms with Gasteiger partial charge >= 0.3 is 5.97 Å². The van der Waals surface area contributed by atoms with Crippen molar-refractivity contribution in [2.75, 3.05) is 13.1 Å². The summed E-state index contributed by atoms with van der Waals surface area (Å²) in [6.45, 7) is 12.0. The molecule has 1 heterocycles. The summed E-state index contributed by atoms with van der Waals surface area (Å²) in [5, 5.41) is 23.1. The maximum atomic E-state index is 13.8. The van der Waals surface area contributed by atoms with Gasteiger partial charge in [0.1, 0.15) is 24.2 Å². The molecule has 5 amide bonds. The molecule has 12 N–H and O–H groups in total. The molecule has 0 aromatic heterocycles. The van der Waals surface area contributed by atoms with Crippen LogP contribution in [0.3, 0.4) is 0 Å². The predicted molar refractivity (Wildman–Crippen MR) is 195 cm³/mol. The van der Waals surface area contributed by atoms with Crippen molar-refractivity contribution in [3.8, 4) is 0 Å². The largest absolute Gasteiger partial charge is 0.481 e. The molecule has 8 atom stereocenters. The van der Waals surface area contributed by atoms with Gasteiger partial charge in [0.15, 0.2) is 0 Å². The molecule has 52 heavy (non-hydrogen) atoms. The number of hydrogen-bond acceptors (Lipinski definition) is 11. The average molecular weight is 743 g/mol. The lowest BCUT2D eigenvalue weighted by Gasteiger charge is -2.30. The monoisotopic (exact) mass is 742 g/mol. The topological polar surface area (TPSA) is 286 Å². The van der Waals surface area contributed by atoms with Gasteiger partial charge in [-0.05, 0) is 82.2 Å². The fourth-order valence-corrected chi connectivity index (χ4v) is 5.51. The van der Waals surface area contributed by atoms with Crippen LogP contribution in [-0.2, 0) is 38.5 Å². The Balaban J connectivity index is 3.24. The molecule has 0 saturated carbocycles. The molecule has 1 fully saturated rings. The van der Waals surface area contributed by atoms with Crippen LogP contribution in [0.2, 0.25) is 0 Å². The Morgan fingerprint density at radius 1 is 0.635 bits per heavy atom. The van der Waals surface area contributed by atoms with Crippen molar-refractivity contribution < 1.29 is 43.6 Å². The van der Waals surface area contributed by atoms with Crippen molar-refractivity contribution in [2.24, 2.45) is 35.0 Å². The second kappa shape index (κ2) is 24.8. The van der Waals surface area contributed by atoms with Crippen molar-refractivity contribution >= 4 is 35.5 Å². The second-order valence-electron chi connectivity index (χ2n) is 14.3. The summed E-state index contributed by atoms with van der Waals surface area (Å²) in [4.78, 5) is 88.9. The first kappa shape index (κ1) is 46.6. The van der Waals surface area contributed by atoms with Gasteiger partial charge in [-0.3, -0.25) is 28.8 Å². The molecule has 1 rings (SSSR count). The van der Waals surface area contributed by atoms with E-state index in [1.807, 2.05) is 41.5 Å². The van der Waals surface area contributed by atoms with E-state index in [0.29, 0.717) is 58.0 Å². The zero-order chi connectivity index (χ0) is 39.4. The van der Waals surface area contributed by atoms with Gasteiger partial charge < -0.3 is 48.9 Å². The number of amides is 5. The first-order valence-corrected chi connectivity index (χ1v) is 18.8. The van der Waals surface area contributed by atoms with Gasteiger partial charge in [0.2, 0.25) is 35.8 Å². The average Bonchev–Trinajstić information content (AvgIpc) is 3.95. The third-order valence-electron chi connectivity index (χ3n) is 9.39. The summed E-state index contributed by atoms with van der Waals surface area (Å²) < 4.78 is 0. The van der Waals surface area contributed by atoms with E-state index in [2.05, 4.69) is 26.6 Å². The van der Waals surface area contributed by atoms with Gasteiger partial charge in [0, 0.05) is 6.42 Å². The molecule has 1 aliphatic rings. The molecule has 0 aromatic carbocycles. The standard InChI is InChI=1S/C35H66N8O9/c1-7-21(5)28(38)33(49)43-29(22(6)8-2)34(50)42-26(19-20(3)4)32(48)39-23(13-9-11-17-36)30(46)40-24(15-16-27(44)45)31(47)41-25(35-51-52-35)14-10-12-18-37/h20-26,28-29,35H,7-19,36-38H2,1-6H3,(H,39,48)(H,40,46)(H,41,47)(H,42,50)(H,43,49)(H,44,45)/t21-,22-,23-,24-,25-,26-,28-,29-/m0/s1. The van der Waals surface area contributed by atoms with Gasteiger partial charge in [0.25, 0.3) is 0 Å². The van der Waals surface area contributed by atoms with Crippen molar-refractivity contribution in [2.45, 2.75) is 155 Å². The molecule has 0 aromatic rings. The number of carbonyl (C=O) groups is 6. The molecule has 300 valence electrons. The Morgan fingerprint density at radius 2 is 1.13 bits per heavy atom.